The van der Waals surface area contributed by atoms with E-state index in [1.54, 1.807) is 16.7 Å². The van der Waals surface area contributed by atoms with Crippen LogP contribution in [0.1, 0.15) is 38.5 Å². The Morgan fingerprint density at radius 2 is 2.00 bits per heavy atom. The van der Waals surface area contributed by atoms with Crippen LogP contribution in [0, 0.1) is 0 Å². The van der Waals surface area contributed by atoms with Crippen molar-refractivity contribution in [3.8, 4) is 0 Å². The molecule has 2 aliphatic rings. The highest BCUT2D eigenvalue weighted by Gasteiger charge is 2.33. The standard InChI is InChI=1S/C14H26N2O2S/c1-16(11-14(18)6-2-3-7-14)13(17)10-19-12-4-8-15-9-5-12/h12,15,18H,2-11H2,1H3. The summed E-state index contributed by atoms with van der Waals surface area (Å²) in [5.74, 6) is 0.709. The van der Waals surface area contributed by atoms with Crippen LogP contribution < -0.4 is 5.32 Å². The average Bonchev–Trinajstić information content (AvgIpc) is 2.83. The molecule has 4 nitrogen and oxygen atoms in total. The number of hydrogen-bond donors (Lipinski definition) is 2. The second-order valence-electron chi connectivity index (χ2n) is 5.94. The molecule has 1 aliphatic carbocycles. The second-order valence-corrected chi connectivity index (χ2v) is 7.23. The summed E-state index contributed by atoms with van der Waals surface area (Å²) in [6.07, 6.45) is 6.17. The highest BCUT2D eigenvalue weighted by atomic mass is 32.2. The quantitative estimate of drug-likeness (QED) is 0.798. The SMILES string of the molecule is CN(CC1(O)CCCC1)C(=O)CSC1CCNCC1. The Kier molecular flexibility index (Phi) is 5.54. The van der Waals surface area contributed by atoms with E-state index in [-0.39, 0.29) is 5.91 Å². The van der Waals surface area contributed by atoms with Crippen LogP contribution in [0.4, 0.5) is 0 Å². The summed E-state index contributed by atoms with van der Waals surface area (Å²) in [5, 5.41) is 14.3. The van der Waals surface area contributed by atoms with Crippen molar-refractivity contribution in [2.75, 3.05) is 32.4 Å². The Balaban J connectivity index is 1.69. The first-order valence-corrected chi connectivity index (χ1v) is 8.43. The molecule has 0 aromatic carbocycles. The van der Waals surface area contributed by atoms with Gasteiger partial charge in [0, 0.05) is 18.8 Å². The predicted molar refractivity (Wildman–Crippen MR) is 79.4 cm³/mol. The molecule has 0 bridgehead atoms. The predicted octanol–water partition coefficient (Wildman–Crippen LogP) is 1.24. The summed E-state index contributed by atoms with van der Waals surface area (Å²) in [7, 11) is 1.82. The van der Waals surface area contributed by atoms with Crippen molar-refractivity contribution in [1.29, 1.82) is 0 Å². The van der Waals surface area contributed by atoms with Crippen LogP contribution in [-0.2, 0) is 4.79 Å². The van der Waals surface area contributed by atoms with Gasteiger partial charge in [-0.3, -0.25) is 4.79 Å². The van der Waals surface area contributed by atoms with Gasteiger partial charge < -0.3 is 15.3 Å². The molecule has 2 rings (SSSR count). The lowest BCUT2D eigenvalue weighted by molar-refractivity contribution is -0.130. The van der Waals surface area contributed by atoms with Crippen molar-refractivity contribution >= 4 is 17.7 Å². The summed E-state index contributed by atoms with van der Waals surface area (Å²) in [6, 6.07) is 0. The minimum atomic E-state index is -0.621. The lowest BCUT2D eigenvalue weighted by Crippen LogP contribution is -2.43. The fraction of sp³-hybridized carbons (Fsp3) is 0.929. The lowest BCUT2D eigenvalue weighted by atomic mass is 10.0. The van der Waals surface area contributed by atoms with E-state index < -0.39 is 5.60 Å². The van der Waals surface area contributed by atoms with E-state index in [1.807, 2.05) is 7.05 Å². The van der Waals surface area contributed by atoms with Crippen LogP contribution >= 0.6 is 11.8 Å². The zero-order valence-electron chi connectivity index (χ0n) is 11.9. The summed E-state index contributed by atoms with van der Waals surface area (Å²) < 4.78 is 0. The van der Waals surface area contributed by atoms with Gasteiger partial charge in [-0.1, -0.05) is 12.8 Å². The van der Waals surface area contributed by atoms with Gasteiger partial charge in [-0.05, 0) is 38.8 Å². The fourth-order valence-corrected chi connectivity index (χ4v) is 4.15. The third kappa shape index (κ3) is 4.65. The van der Waals surface area contributed by atoms with Gasteiger partial charge in [0.15, 0.2) is 0 Å². The van der Waals surface area contributed by atoms with Gasteiger partial charge in [0.1, 0.15) is 0 Å². The van der Waals surface area contributed by atoms with Gasteiger partial charge in [-0.15, -0.1) is 11.8 Å². The number of carbonyl (C=O) groups excluding carboxylic acids is 1. The van der Waals surface area contributed by atoms with Gasteiger partial charge in [0.2, 0.25) is 5.91 Å². The van der Waals surface area contributed by atoms with Gasteiger partial charge in [-0.25, -0.2) is 0 Å². The normalized spacial score (nSPS) is 23.5. The summed E-state index contributed by atoms with van der Waals surface area (Å²) in [6.45, 7) is 2.64. The number of aliphatic hydroxyl groups is 1. The molecule has 0 spiro atoms. The van der Waals surface area contributed by atoms with Gasteiger partial charge in [0.25, 0.3) is 0 Å². The zero-order valence-corrected chi connectivity index (χ0v) is 12.7. The Morgan fingerprint density at radius 1 is 1.37 bits per heavy atom. The molecule has 19 heavy (non-hydrogen) atoms. The van der Waals surface area contributed by atoms with Crippen LogP contribution in [0.25, 0.3) is 0 Å². The summed E-state index contributed by atoms with van der Waals surface area (Å²) in [4.78, 5) is 13.8. The largest absolute Gasteiger partial charge is 0.388 e. The number of amides is 1. The molecule has 1 saturated heterocycles. The fourth-order valence-electron chi connectivity index (χ4n) is 2.98. The van der Waals surface area contributed by atoms with E-state index >= 15 is 0 Å². The van der Waals surface area contributed by atoms with Crippen molar-refractivity contribution < 1.29 is 9.90 Å². The molecule has 1 amide bonds. The zero-order chi connectivity index (χ0) is 13.7. The number of hydrogen-bond acceptors (Lipinski definition) is 4. The molecule has 5 heteroatoms. The van der Waals surface area contributed by atoms with Crippen molar-refractivity contribution in [2.45, 2.75) is 49.4 Å². The number of nitrogens with zero attached hydrogens (tertiary/aromatic N) is 1. The monoisotopic (exact) mass is 286 g/mol. The van der Waals surface area contributed by atoms with E-state index in [0.29, 0.717) is 17.5 Å². The van der Waals surface area contributed by atoms with Gasteiger partial charge >= 0.3 is 0 Å². The molecule has 2 fully saturated rings. The van der Waals surface area contributed by atoms with E-state index in [4.69, 9.17) is 0 Å². The van der Waals surface area contributed by atoms with Gasteiger partial charge in [0.05, 0.1) is 11.4 Å². The number of nitrogens with one attached hydrogen (secondary N) is 1. The summed E-state index contributed by atoms with van der Waals surface area (Å²) in [5.41, 5.74) is -0.621. The van der Waals surface area contributed by atoms with E-state index in [0.717, 1.165) is 51.6 Å². The topological polar surface area (TPSA) is 52.6 Å². The Morgan fingerprint density at radius 3 is 2.63 bits per heavy atom. The third-order valence-corrected chi connectivity index (χ3v) is 5.58. The average molecular weight is 286 g/mol. The van der Waals surface area contributed by atoms with Crippen molar-refractivity contribution in [1.82, 2.24) is 10.2 Å². The van der Waals surface area contributed by atoms with Crippen LogP contribution in [0.3, 0.4) is 0 Å². The maximum absolute atomic E-state index is 12.1. The maximum Gasteiger partial charge on any atom is 0.232 e. The molecular weight excluding hydrogens is 260 g/mol. The molecule has 110 valence electrons. The Bertz CT molecular complexity index is 300. The molecule has 0 atom stereocenters. The Labute approximate surface area is 120 Å². The molecule has 2 N–H and O–H groups in total. The number of rotatable bonds is 5. The first-order chi connectivity index (χ1) is 9.09. The van der Waals surface area contributed by atoms with E-state index in [2.05, 4.69) is 5.32 Å². The molecule has 1 saturated carbocycles. The molecule has 0 radical (unpaired) electrons. The number of thioether (sulfide) groups is 1. The number of piperidine rings is 1. The first-order valence-electron chi connectivity index (χ1n) is 7.38. The minimum Gasteiger partial charge on any atom is -0.388 e. The minimum absolute atomic E-state index is 0.156. The molecule has 0 aromatic heterocycles. The van der Waals surface area contributed by atoms with Crippen molar-refractivity contribution in [3.63, 3.8) is 0 Å². The molecule has 1 heterocycles. The third-order valence-electron chi connectivity index (χ3n) is 4.22. The van der Waals surface area contributed by atoms with Crippen LogP contribution in [0.2, 0.25) is 0 Å². The van der Waals surface area contributed by atoms with Gasteiger partial charge in [-0.2, -0.15) is 0 Å². The van der Waals surface area contributed by atoms with Crippen LogP contribution in [-0.4, -0.2) is 59.2 Å². The summed E-state index contributed by atoms with van der Waals surface area (Å²) >= 11 is 1.78. The molecule has 0 aromatic rings. The molecule has 0 unspecified atom stereocenters. The maximum atomic E-state index is 12.1. The number of carbonyl (C=O) groups is 1. The highest BCUT2D eigenvalue weighted by Crippen LogP contribution is 2.30. The molecule has 1 aliphatic heterocycles. The number of likely N-dealkylation sites (N-methyl/N-ethyl adjacent to an activating group) is 1. The van der Waals surface area contributed by atoms with Crippen LogP contribution in [0.5, 0.6) is 0 Å². The van der Waals surface area contributed by atoms with Crippen LogP contribution in [0.15, 0.2) is 0 Å². The van der Waals surface area contributed by atoms with E-state index in [1.165, 1.54) is 0 Å². The van der Waals surface area contributed by atoms with Crippen molar-refractivity contribution in [2.24, 2.45) is 0 Å². The Hall–Kier alpha value is -0.260. The second kappa shape index (κ2) is 6.95. The van der Waals surface area contributed by atoms with E-state index in [9.17, 15) is 9.90 Å². The smallest absolute Gasteiger partial charge is 0.232 e. The first kappa shape index (κ1) is 15.1. The lowest BCUT2D eigenvalue weighted by Gasteiger charge is -2.29. The highest BCUT2D eigenvalue weighted by molar-refractivity contribution is 8.00. The molecular formula is C14H26N2O2S. The van der Waals surface area contributed by atoms with Crippen molar-refractivity contribution in [3.05, 3.63) is 0 Å².